The topological polar surface area (TPSA) is 85.8 Å². The summed E-state index contributed by atoms with van der Waals surface area (Å²) in [6, 6.07) is 17.2. The van der Waals surface area contributed by atoms with E-state index in [1.807, 2.05) is 30.3 Å². The highest BCUT2D eigenvalue weighted by molar-refractivity contribution is 5.93. The molecule has 0 fully saturated rings. The lowest BCUT2D eigenvalue weighted by molar-refractivity contribution is 0.0941. The highest BCUT2D eigenvalue weighted by Gasteiger charge is 2.14. The van der Waals surface area contributed by atoms with E-state index in [-0.39, 0.29) is 24.0 Å². The van der Waals surface area contributed by atoms with Crippen molar-refractivity contribution in [3.05, 3.63) is 89.6 Å². The van der Waals surface area contributed by atoms with Crippen LogP contribution in [-0.2, 0) is 13.1 Å². The largest absolute Gasteiger partial charge is 0.355 e. The molecule has 0 saturated carbocycles. The van der Waals surface area contributed by atoms with Gasteiger partial charge in [-0.15, -0.1) is 5.10 Å². The zero-order valence-corrected chi connectivity index (χ0v) is 14.7. The van der Waals surface area contributed by atoms with Crippen molar-refractivity contribution < 1.29 is 13.7 Å². The Morgan fingerprint density at radius 3 is 2.68 bits per heavy atom. The zero-order valence-electron chi connectivity index (χ0n) is 14.7. The maximum atomic E-state index is 13.0. The van der Waals surface area contributed by atoms with Crippen LogP contribution >= 0.6 is 0 Å². The third kappa shape index (κ3) is 4.12. The number of aromatic nitrogens is 4. The Kier molecular flexibility index (Phi) is 4.92. The molecule has 1 N–H and O–H groups in total. The van der Waals surface area contributed by atoms with Crippen LogP contribution in [0.25, 0.3) is 11.3 Å². The van der Waals surface area contributed by atoms with Crippen molar-refractivity contribution in [3.8, 4) is 11.3 Å². The summed E-state index contributed by atoms with van der Waals surface area (Å²) in [5.74, 6) is -0.121. The Morgan fingerprint density at radius 1 is 1.11 bits per heavy atom. The molecular formula is C20H16FN5O2. The maximum Gasteiger partial charge on any atom is 0.273 e. The third-order valence-electron chi connectivity index (χ3n) is 4.08. The van der Waals surface area contributed by atoms with Crippen molar-refractivity contribution in [2.24, 2.45) is 0 Å². The molecule has 28 heavy (non-hydrogen) atoms. The van der Waals surface area contributed by atoms with Crippen LogP contribution < -0.4 is 5.32 Å². The number of rotatable bonds is 6. The number of hydrogen-bond donors (Lipinski definition) is 1. The van der Waals surface area contributed by atoms with E-state index in [2.05, 4.69) is 20.8 Å². The molecule has 1 amide bonds. The van der Waals surface area contributed by atoms with E-state index in [1.165, 1.54) is 12.1 Å². The lowest BCUT2D eigenvalue weighted by atomic mass is 10.1. The van der Waals surface area contributed by atoms with Crippen molar-refractivity contribution in [3.63, 3.8) is 0 Å². The van der Waals surface area contributed by atoms with Crippen molar-refractivity contribution in [2.75, 3.05) is 0 Å². The summed E-state index contributed by atoms with van der Waals surface area (Å²) in [7, 11) is 0. The van der Waals surface area contributed by atoms with Crippen LogP contribution in [0.3, 0.4) is 0 Å². The van der Waals surface area contributed by atoms with Crippen LogP contribution in [0.4, 0.5) is 4.39 Å². The van der Waals surface area contributed by atoms with E-state index in [4.69, 9.17) is 4.52 Å². The molecule has 2 aromatic carbocycles. The fourth-order valence-electron chi connectivity index (χ4n) is 2.66. The van der Waals surface area contributed by atoms with Gasteiger partial charge in [0.25, 0.3) is 5.91 Å². The number of nitrogens with zero attached hydrogens (tertiary/aromatic N) is 4. The first-order valence-electron chi connectivity index (χ1n) is 8.61. The highest BCUT2D eigenvalue weighted by Crippen LogP contribution is 2.19. The van der Waals surface area contributed by atoms with Gasteiger partial charge in [0.2, 0.25) is 0 Å². The summed E-state index contributed by atoms with van der Waals surface area (Å²) in [6.45, 7) is 0.667. The number of carbonyl (C=O) groups excluding carboxylic acids is 1. The molecule has 0 aliphatic rings. The molecule has 0 atom stereocenters. The molecule has 2 heterocycles. The molecule has 140 valence electrons. The van der Waals surface area contributed by atoms with Crippen molar-refractivity contribution >= 4 is 5.91 Å². The molecule has 4 aromatic rings. The van der Waals surface area contributed by atoms with Crippen LogP contribution in [0.1, 0.15) is 21.7 Å². The molecule has 0 unspecified atom stereocenters. The van der Waals surface area contributed by atoms with Gasteiger partial charge in [-0.1, -0.05) is 52.8 Å². The number of benzene rings is 2. The monoisotopic (exact) mass is 377 g/mol. The number of nitrogens with one attached hydrogen (secondary N) is 1. The van der Waals surface area contributed by atoms with Gasteiger partial charge in [-0.2, -0.15) is 0 Å². The minimum Gasteiger partial charge on any atom is -0.355 e. The van der Waals surface area contributed by atoms with E-state index in [0.29, 0.717) is 18.0 Å². The normalized spacial score (nSPS) is 10.8. The zero-order chi connectivity index (χ0) is 19.3. The van der Waals surface area contributed by atoms with Crippen molar-refractivity contribution in [1.29, 1.82) is 0 Å². The number of halogens is 1. The summed E-state index contributed by atoms with van der Waals surface area (Å²) < 4.78 is 19.8. The van der Waals surface area contributed by atoms with E-state index in [9.17, 15) is 9.18 Å². The Morgan fingerprint density at radius 2 is 1.89 bits per heavy atom. The van der Waals surface area contributed by atoms with E-state index in [0.717, 1.165) is 11.1 Å². The van der Waals surface area contributed by atoms with Gasteiger partial charge in [0, 0.05) is 11.6 Å². The Bertz CT molecular complexity index is 1070. The smallest absolute Gasteiger partial charge is 0.273 e. The molecule has 0 aliphatic carbocycles. The summed E-state index contributed by atoms with van der Waals surface area (Å²) in [5, 5.41) is 14.6. The molecule has 0 bridgehead atoms. The SMILES string of the molecule is O=C(NCc1cn(Cc2ccc(F)cc2)nn1)c1cc(-c2ccccc2)on1. The van der Waals surface area contributed by atoms with Crippen LogP contribution in [-0.4, -0.2) is 26.1 Å². The standard InChI is InChI=1S/C20H16FN5O2/c21-16-8-6-14(7-9-16)12-26-13-17(23-25-26)11-22-20(27)18-10-19(28-24-18)15-4-2-1-3-5-15/h1-10,13H,11-12H2,(H,22,27). The number of carbonyl (C=O) groups is 1. The Labute approximate surface area is 159 Å². The molecule has 4 rings (SSSR count). The molecule has 0 radical (unpaired) electrons. The van der Waals surface area contributed by atoms with Gasteiger partial charge in [0.1, 0.15) is 11.5 Å². The molecule has 0 spiro atoms. The predicted octanol–water partition coefficient (Wildman–Crippen LogP) is 3.05. The average Bonchev–Trinajstić information content (AvgIpc) is 3.38. The predicted molar refractivity (Wildman–Crippen MR) is 98.6 cm³/mol. The molecule has 7 nitrogen and oxygen atoms in total. The Balaban J connectivity index is 1.34. The second-order valence-corrected chi connectivity index (χ2v) is 6.16. The first kappa shape index (κ1) is 17.6. The second kappa shape index (κ2) is 7.83. The molecule has 0 saturated heterocycles. The first-order chi connectivity index (χ1) is 13.7. The maximum absolute atomic E-state index is 13.0. The van der Waals surface area contributed by atoms with E-state index < -0.39 is 0 Å². The molecule has 8 heteroatoms. The minimum absolute atomic E-state index is 0.192. The van der Waals surface area contributed by atoms with Gasteiger partial charge in [-0.25, -0.2) is 9.07 Å². The van der Waals surface area contributed by atoms with Gasteiger partial charge in [-0.05, 0) is 17.7 Å². The molecular weight excluding hydrogens is 361 g/mol. The summed E-state index contributed by atoms with van der Waals surface area (Å²) in [6.07, 6.45) is 1.72. The van der Waals surface area contributed by atoms with Crippen molar-refractivity contribution in [2.45, 2.75) is 13.1 Å². The van der Waals surface area contributed by atoms with Gasteiger partial charge in [-0.3, -0.25) is 4.79 Å². The van der Waals surface area contributed by atoms with Gasteiger partial charge in [0.15, 0.2) is 11.5 Å². The highest BCUT2D eigenvalue weighted by atomic mass is 19.1. The number of hydrogen-bond acceptors (Lipinski definition) is 5. The van der Waals surface area contributed by atoms with Crippen LogP contribution in [0, 0.1) is 5.82 Å². The summed E-state index contributed by atoms with van der Waals surface area (Å²) in [4.78, 5) is 12.3. The minimum atomic E-state index is -0.362. The van der Waals surface area contributed by atoms with Gasteiger partial charge < -0.3 is 9.84 Å². The summed E-state index contributed by atoms with van der Waals surface area (Å²) in [5.41, 5.74) is 2.54. The molecule has 0 aliphatic heterocycles. The van der Waals surface area contributed by atoms with E-state index in [1.54, 1.807) is 29.1 Å². The fourth-order valence-corrected chi connectivity index (χ4v) is 2.66. The Hall–Kier alpha value is -3.81. The third-order valence-corrected chi connectivity index (χ3v) is 4.08. The van der Waals surface area contributed by atoms with Gasteiger partial charge in [0.05, 0.1) is 19.3 Å². The lowest BCUT2D eigenvalue weighted by Crippen LogP contribution is -2.23. The lowest BCUT2D eigenvalue weighted by Gasteiger charge is -2.00. The van der Waals surface area contributed by atoms with E-state index >= 15 is 0 Å². The quantitative estimate of drug-likeness (QED) is 0.558. The molecule has 2 aromatic heterocycles. The number of amides is 1. The summed E-state index contributed by atoms with van der Waals surface area (Å²) >= 11 is 0. The van der Waals surface area contributed by atoms with Crippen LogP contribution in [0.15, 0.2) is 71.4 Å². The fraction of sp³-hybridized carbons (Fsp3) is 0.100. The second-order valence-electron chi connectivity index (χ2n) is 6.16. The van der Waals surface area contributed by atoms with Crippen molar-refractivity contribution in [1.82, 2.24) is 25.5 Å². The van der Waals surface area contributed by atoms with Crippen LogP contribution in [0.2, 0.25) is 0 Å². The average molecular weight is 377 g/mol. The van der Waals surface area contributed by atoms with Gasteiger partial charge >= 0.3 is 0 Å². The van der Waals surface area contributed by atoms with Crippen LogP contribution in [0.5, 0.6) is 0 Å². The first-order valence-corrected chi connectivity index (χ1v) is 8.61.